The van der Waals surface area contributed by atoms with Gasteiger partial charge in [-0.05, 0) is 54.8 Å². The van der Waals surface area contributed by atoms with E-state index in [2.05, 4.69) is 17.1 Å². The second kappa shape index (κ2) is 7.24. The van der Waals surface area contributed by atoms with E-state index in [1.807, 2.05) is 35.2 Å². The van der Waals surface area contributed by atoms with E-state index in [0.717, 1.165) is 23.2 Å². The van der Waals surface area contributed by atoms with Gasteiger partial charge in [0.15, 0.2) is 17.3 Å². The number of nitrogens with zero attached hydrogens (tertiary/aromatic N) is 1. The van der Waals surface area contributed by atoms with Crippen LogP contribution < -0.4 is 9.47 Å². The third-order valence-electron chi connectivity index (χ3n) is 6.17. The minimum atomic E-state index is -0.295. The van der Waals surface area contributed by atoms with Gasteiger partial charge in [-0.15, -0.1) is 11.3 Å². The van der Waals surface area contributed by atoms with E-state index in [1.54, 1.807) is 12.1 Å². The molecule has 0 saturated heterocycles. The quantitative estimate of drug-likeness (QED) is 0.454. The molecule has 7 heteroatoms. The fraction of sp³-hybridized carbons (Fsp3) is 0.200. The van der Waals surface area contributed by atoms with Crippen LogP contribution in [0.3, 0.4) is 0 Å². The Bertz CT molecular complexity index is 1390. The summed E-state index contributed by atoms with van der Waals surface area (Å²) in [4.78, 5) is 32.0. The summed E-state index contributed by atoms with van der Waals surface area (Å²) >= 11 is 1.25. The number of para-hydroxylation sites is 1. The predicted octanol–water partition coefficient (Wildman–Crippen LogP) is 4.95. The van der Waals surface area contributed by atoms with E-state index in [-0.39, 0.29) is 24.5 Å². The molecule has 4 heterocycles. The molecule has 6 rings (SSSR count). The average molecular weight is 445 g/mol. The van der Waals surface area contributed by atoms with Crippen LogP contribution in [-0.2, 0) is 6.42 Å². The zero-order valence-electron chi connectivity index (χ0n) is 17.4. The largest absolute Gasteiger partial charge is 0.454 e. The van der Waals surface area contributed by atoms with Crippen LogP contribution in [0.5, 0.6) is 11.5 Å². The van der Waals surface area contributed by atoms with E-state index in [1.165, 1.54) is 29.2 Å². The second-order valence-electron chi connectivity index (χ2n) is 8.05. The van der Waals surface area contributed by atoms with Crippen LogP contribution in [0.1, 0.15) is 49.1 Å². The highest BCUT2D eigenvalue weighted by molar-refractivity contribution is 7.15. The van der Waals surface area contributed by atoms with Gasteiger partial charge in [-0.25, -0.2) is 0 Å². The molecule has 1 unspecified atom stereocenters. The molecular formula is C25H20N2O4S. The predicted molar refractivity (Wildman–Crippen MR) is 122 cm³/mol. The van der Waals surface area contributed by atoms with Crippen LogP contribution in [0.15, 0.2) is 54.6 Å². The van der Waals surface area contributed by atoms with Crippen LogP contribution >= 0.6 is 11.3 Å². The van der Waals surface area contributed by atoms with E-state index < -0.39 is 0 Å². The number of thiophene rings is 1. The van der Waals surface area contributed by atoms with Crippen LogP contribution in [0.4, 0.5) is 0 Å². The number of hydrogen-bond donors (Lipinski definition) is 1. The van der Waals surface area contributed by atoms with Crippen molar-refractivity contribution in [2.24, 2.45) is 0 Å². The Hall–Kier alpha value is -3.58. The molecule has 32 heavy (non-hydrogen) atoms. The molecule has 0 radical (unpaired) electrons. The van der Waals surface area contributed by atoms with Crippen molar-refractivity contribution in [3.05, 3.63) is 81.2 Å². The van der Waals surface area contributed by atoms with Crippen molar-refractivity contribution in [3.63, 3.8) is 0 Å². The molecule has 0 spiro atoms. The van der Waals surface area contributed by atoms with Crippen LogP contribution in [-0.4, -0.2) is 34.9 Å². The van der Waals surface area contributed by atoms with Gasteiger partial charge in [0, 0.05) is 23.1 Å². The number of aromatic nitrogens is 1. The van der Waals surface area contributed by atoms with Crippen molar-refractivity contribution < 1.29 is 19.1 Å². The van der Waals surface area contributed by atoms with Gasteiger partial charge < -0.3 is 19.4 Å². The number of carbonyl (C=O) groups excluding carboxylic acids is 2. The normalized spacial score (nSPS) is 16.9. The first-order chi connectivity index (χ1) is 15.6. The van der Waals surface area contributed by atoms with Crippen molar-refractivity contribution in [1.29, 1.82) is 0 Å². The maximum absolute atomic E-state index is 13.6. The number of ketones is 1. The smallest absolute Gasteiger partial charge is 0.264 e. The fourth-order valence-electron chi connectivity index (χ4n) is 4.67. The molecule has 2 aromatic heterocycles. The Morgan fingerprint density at radius 1 is 1.03 bits per heavy atom. The molecule has 0 fully saturated rings. The first kappa shape index (κ1) is 19.1. The van der Waals surface area contributed by atoms with Crippen molar-refractivity contribution in [1.82, 2.24) is 9.88 Å². The molecule has 0 aliphatic carbocycles. The third kappa shape index (κ3) is 2.92. The number of fused-ring (bicyclic) bond motifs is 4. The first-order valence-corrected chi connectivity index (χ1v) is 11.3. The molecule has 6 nitrogen and oxygen atoms in total. The highest BCUT2D eigenvalue weighted by atomic mass is 32.1. The minimum absolute atomic E-state index is 0.0297. The van der Waals surface area contributed by atoms with E-state index in [9.17, 15) is 9.59 Å². The molecular weight excluding hydrogens is 424 g/mol. The highest BCUT2D eigenvalue weighted by Crippen LogP contribution is 2.42. The minimum Gasteiger partial charge on any atom is -0.454 e. The number of Topliss-reactive ketones (excluding diaryl/α,β-unsaturated/α-hetero) is 1. The van der Waals surface area contributed by atoms with Gasteiger partial charge in [0.25, 0.3) is 5.91 Å². The second-order valence-corrected chi connectivity index (χ2v) is 9.13. The molecule has 1 amide bonds. The Kier molecular flexibility index (Phi) is 4.33. The van der Waals surface area contributed by atoms with Gasteiger partial charge in [-0.2, -0.15) is 0 Å². The number of ether oxygens (including phenoxy) is 2. The van der Waals surface area contributed by atoms with Gasteiger partial charge in [0.2, 0.25) is 6.79 Å². The summed E-state index contributed by atoms with van der Waals surface area (Å²) in [5.74, 6) is 1.30. The number of nitrogens with one attached hydrogen (secondary N) is 1. The highest BCUT2D eigenvalue weighted by Gasteiger charge is 2.36. The lowest BCUT2D eigenvalue weighted by molar-refractivity contribution is 0.0696. The molecule has 2 aromatic carbocycles. The van der Waals surface area contributed by atoms with Gasteiger partial charge in [-0.3, -0.25) is 9.59 Å². The van der Waals surface area contributed by atoms with E-state index in [4.69, 9.17) is 9.47 Å². The number of carbonyl (C=O) groups is 2. The molecule has 1 N–H and O–H groups in total. The summed E-state index contributed by atoms with van der Waals surface area (Å²) in [5, 5.41) is 1.19. The Morgan fingerprint density at radius 3 is 2.69 bits per heavy atom. The van der Waals surface area contributed by atoms with Crippen molar-refractivity contribution in [2.75, 3.05) is 13.3 Å². The molecule has 0 saturated carbocycles. The van der Waals surface area contributed by atoms with Crippen molar-refractivity contribution >= 4 is 33.9 Å². The van der Waals surface area contributed by atoms with Gasteiger partial charge >= 0.3 is 0 Å². The number of H-pyrrole nitrogens is 1. The standard InChI is InChI=1S/C25H20N2O4S/c1-14(28)21-8-9-22(32-21)25(29)27-11-10-17-16-4-2-3-5-18(16)26-23(17)24(27)15-6-7-19-20(12-15)31-13-30-19/h2-9,12,24,26H,10-11,13H2,1H3. The van der Waals surface area contributed by atoms with Crippen LogP contribution in [0, 0.1) is 0 Å². The van der Waals surface area contributed by atoms with Crippen LogP contribution in [0.2, 0.25) is 0 Å². The SMILES string of the molecule is CC(=O)c1ccc(C(=O)N2CCc3c([nH]c4ccccc34)C2c2ccc3c(c2)OCO3)s1. The lowest BCUT2D eigenvalue weighted by Crippen LogP contribution is -2.40. The summed E-state index contributed by atoms with van der Waals surface area (Å²) in [6.45, 7) is 2.31. The molecule has 4 aromatic rings. The molecule has 2 aliphatic rings. The summed E-state index contributed by atoms with van der Waals surface area (Å²) in [7, 11) is 0. The zero-order valence-corrected chi connectivity index (χ0v) is 18.2. The number of hydrogen-bond acceptors (Lipinski definition) is 5. The zero-order chi connectivity index (χ0) is 21.8. The summed E-state index contributed by atoms with van der Waals surface area (Å²) in [6.07, 6.45) is 0.761. The number of aromatic amines is 1. The molecule has 160 valence electrons. The topological polar surface area (TPSA) is 71.6 Å². The first-order valence-electron chi connectivity index (χ1n) is 10.5. The van der Waals surface area contributed by atoms with Gasteiger partial charge in [-0.1, -0.05) is 24.3 Å². The van der Waals surface area contributed by atoms with E-state index in [0.29, 0.717) is 27.8 Å². The fourth-order valence-corrected chi connectivity index (χ4v) is 5.53. The molecule has 2 aliphatic heterocycles. The lowest BCUT2D eigenvalue weighted by atomic mass is 9.92. The van der Waals surface area contributed by atoms with Gasteiger partial charge in [0.05, 0.1) is 15.8 Å². The summed E-state index contributed by atoms with van der Waals surface area (Å²) in [6, 6.07) is 17.3. The van der Waals surface area contributed by atoms with Crippen molar-refractivity contribution in [2.45, 2.75) is 19.4 Å². The Labute approximate surface area is 188 Å². The maximum Gasteiger partial charge on any atom is 0.264 e. The van der Waals surface area contributed by atoms with Crippen molar-refractivity contribution in [3.8, 4) is 11.5 Å². The van der Waals surface area contributed by atoms with E-state index >= 15 is 0 Å². The summed E-state index contributed by atoms with van der Waals surface area (Å²) < 4.78 is 11.1. The number of rotatable bonds is 3. The number of benzene rings is 2. The number of amides is 1. The average Bonchev–Trinajstić information content (AvgIpc) is 3.55. The lowest BCUT2D eigenvalue weighted by Gasteiger charge is -2.36. The van der Waals surface area contributed by atoms with Crippen LogP contribution in [0.25, 0.3) is 10.9 Å². The molecule has 0 bridgehead atoms. The Balaban J connectivity index is 1.49. The maximum atomic E-state index is 13.6. The van der Waals surface area contributed by atoms with Gasteiger partial charge in [0.1, 0.15) is 0 Å². The molecule has 1 atom stereocenters. The summed E-state index contributed by atoms with van der Waals surface area (Å²) in [5.41, 5.74) is 4.28. The monoisotopic (exact) mass is 444 g/mol. The Morgan fingerprint density at radius 2 is 1.84 bits per heavy atom. The third-order valence-corrected chi connectivity index (χ3v) is 7.35.